The first-order valence-electron chi connectivity index (χ1n) is 10.9. The highest BCUT2D eigenvalue weighted by molar-refractivity contribution is 7.09. The Morgan fingerprint density at radius 2 is 2.06 bits per heavy atom. The predicted molar refractivity (Wildman–Crippen MR) is 131 cm³/mol. The van der Waals surface area contributed by atoms with Crippen LogP contribution in [-0.2, 0) is 22.4 Å². The van der Waals surface area contributed by atoms with Crippen molar-refractivity contribution in [3.63, 3.8) is 0 Å². The number of hydrogen-bond acceptors (Lipinski definition) is 7. The number of ether oxygens (including phenoxy) is 1. The first kappa shape index (κ1) is 24.5. The summed E-state index contributed by atoms with van der Waals surface area (Å²) >= 11 is 1.53. The van der Waals surface area contributed by atoms with Crippen molar-refractivity contribution in [3.05, 3.63) is 82.0 Å². The van der Waals surface area contributed by atoms with Crippen LogP contribution in [0.4, 0.5) is 0 Å². The van der Waals surface area contributed by atoms with Crippen LogP contribution in [0.1, 0.15) is 49.2 Å². The van der Waals surface area contributed by atoms with Crippen LogP contribution in [0.15, 0.2) is 64.0 Å². The van der Waals surface area contributed by atoms with Gasteiger partial charge in [0.2, 0.25) is 17.7 Å². The molecule has 33 heavy (non-hydrogen) atoms. The molecule has 1 amide bonds. The summed E-state index contributed by atoms with van der Waals surface area (Å²) in [6.45, 7) is 8.58. The van der Waals surface area contributed by atoms with Crippen molar-refractivity contribution >= 4 is 23.3 Å². The summed E-state index contributed by atoms with van der Waals surface area (Å²) in [7, 11) is 1.64. The standard InChI is InChI=1S/C25H30N4O3S/c1-5-7-8-9-18(3)19(6-2)10-11-20-16-33-24(26-20)15-23-29-28-22(32-23)14-21(30)27-25(12-13-25)17-31-4/h5-11,16H,3,12-15,17H2,1-2,4H3,(H,27,30)/b7-5-,9-8-,11-10-,19-6+. The third-order valence-corrected chi connectivity index (χ3v) is 5.95. The Morgan fingerprint density at radius 1 is 1.27 bits per heavy atom. The maximum Gasteiger partial charge on any atom is 0.229 e. The van der Waals surface area contributed by atoms with Crippen LogP contribution in [0.3, 0.4) is 0 Å². The van der Waals surface area contributed by atoms with Gasteiger partial charge in [-0.2, -0.15) is 0 Å². The maximum atomic E-state index is 12.3. The summed E-state index contributed by atoms with van der Waals surface area (Å²) in [5.74, 6) is 0.607. The van der Waals surface area contributed by atoms with Crippen LogP contribution in [0.2, 0.25) is 0 Å². The van der Waals surface area contributed by atoms with Crippen molar-refractivity contribution in [3.8, 4) is 0 Å². The average Bonchev–Trinajstić information content (AvgIpc) is 3.17. The Balaban J connectivity index is 1.53. The number of allylic oxidation sites excluding steroid dienone is 8. The molecule has 0 spiro atoms. The van der Waals surface area contributed by atoms with Gasteiger partial charge in [0.25, 0.3) is 0 Å². The highest BCUT2D eigenvalue weighted by Gasteiger charge is 2.44. The Kier molecular flexibility index (Phi) is 8.68. The molecule has 174 valence electrons. The molecule has 0 radical (unpaired) electrons. The second-order valence-corrected chi connectivity index (χ2v) is 8.80. The fraction of sp³-hybridized carbons (Fsp3) is 0.360. The number of aromatic nitrogens is 3. The largest absolute Gasteiger partial charge is 0.424 e. The SMILES string of the molecule is C=C(/C=C\C=C/C)C(/C=C\c1csc(Cc2nnc(CC(=O)NC3(COC)CC3)o2)n1)=C/C. The summed E-state index contributed by atoms with van der Waals surface area (Å²) in [6, 6.07) is 0. The molecule has 1 aliphatic rings. The minimum atomic E-state index is -0.221. The number of nitrogens with one attached hydrogen (secondary N) is 1. The molecule has 7 nitrogen and oxygen atoms in total. The first-order valence-corrected chi connectivity index (χ1v) is 11.7. The molecule has 2 aromatic rings. The molecule has 2 heterocycles. The number of rotatable bonds is 12. The van der Waals surface area contributed by atoms with E-state index in [9.17, 15) is 4.79 Å². The molecule has 1 N–H and O–H groups in total. The zero-order chi connectivity index (χ0) is 23.7. The minimum Gasteiger partial charge on any atom is -0.424 e. The number of thiazole rings is 1. The number of hydrogen-bond donors (Lipinski definition) is 1. The summed E-state index contributed by atoms with van der Waals surface area (Å²) < 4.78 is 10.8. The third-order valence-electron chi connectivity index (χ3n) is 5.09. The van der Waals surface area contributed by atoms with E-state index in [1.807, 2.05) is 61.8 Å². The molecule has 0 unspecified atom stereocenters. The topological polar surface area (TPSA) is 90.1 Å². The molecule has 1 saturated carbocycles. The zero-order valence-corrected chi connectivity index (χ0v) is 20.2. The summed E-state index contributed by atoms with van der Waals surface area (Å²) in [6.07, 6.45) is 16.2. The smallest absolute Gasteiger partial charge is 0.229 e. The van der Waals surface area contributed by atoms with Crippen molar-refractivity contribution < 1.29 is 13.9 Å². The Labute approximate surface area is 198 Å². The second-order valence-electron chi connectivity index (χ2n) is 7.86. The van der Waals surface area contributed by atoms with Crippen LogP contribution in [0.25, 0.3) is 6.08 Å². The van der Waals surface area contributed by atoms with Crippen LogP contribution in [0, 0.1) is 0 Å². The molecule has 1 fully saturated rings. The highest BCUT2D eigenvalue weighted by atomic mass is 32.1. The van der Waals surface area contributed by atoms with Gasteiger partial charge >= 0.3 is 0 Å². The van der Waals surface area contributed by atoms with E-state index in [1.54, 1.807) is 7.11 Å². The number of carbonyl (C=O) groups excluding carboxylic acids is 1. The van der Waals surface area contributed by atoms with Crippen LogP contribution < -0.4 is 5.32 Å². The molecule has 3 rings (SSSR count). The van der Waals surface area contributed by atoms with Gasteiger partial charge in [-0.25, -0.2) is 4.98 Å². The molecule has 0 atom stereocenters. The molecule has 1 aliphatic carbocycles. The first-order chi connectivity index (χ1) is 16.0. The molecule has 0 aliphatic heterocycles. The van der Waals surface area contributed by atoms with Gasteiger partial charge in [0, 0.05) is 12.5 Å². The van der Waals surface area contributed by atoms with E-state index >= 15 is 0 Å². The molecule has 0 saturated heterocycles. The van der Waals surface area contributed by atoms with Crippen LogP contribution >= 0.6 is 11.3 Å². The van der Waals surface area contributed by atoms with E-state index in [4.69, 9.17) is 9.15 Å². The van der Waals surface area contributed by atoms with Crippen molar-refractivity contribution in [2.24, 2.45) is 0 Å². The monoisotopic (exact) mass is 466 g/mol. The van der Waals surface area contributed by atoms with Gasteiger partial charge in [0.05, 0.1) is 24.3 Å². The summed E-state index contributed by atoms with van der Waals surface area (Å²) in [5.41, 5.74) is 2.59. The lowest BCUT2D eigenvalue weighted by molar-refractivity contribution is -0.122. The lowest BCUT2D eigenvalue weighted by atomic mass is 10.1. The van der Waals surface area contributed by atoms with Crippen molar-refractivity contribution in [2.75, 3.05) is 13.7 Å². The van der Waals surface area contributed by atoms with E-state index in [0.29, 0.717) is 24.8 Å². The number of carbonyl (C=O) groups is 1. The van der Waals surface area contributed by atoms with Crippen molar-refractivity contribution in [1.82, 2.24) is 20.5 Å². The maximum absolute atomic E-state index is 12.3. The van der Waals surface area contributed by atoms with E-state index < -0.39 is 0 Å². The van der Waals surface area contributed by atoms with Crippen molar-refractivity contribution in [1.29, 1.82) is 0 Å². The van der Waals surface area contributed by atoms with E-state index in [-0.39, 0.29) is 17.9 Å². The van der Waals surface area contributed by atoms with Crippen LogP contribution in [-0.4, -0.2) is 40.3 Å². The van der Waals surface area contributed by atoms with Gasteiger partial charge in [-0.05, 0) is 43.9 Å². The minimum absolute atomic E-state index is 0.0584. The molecular formula is C25H30N4O3S. The molecule has 0 bridgehead atoms. The third kappa shape index (κ3) is 7.47. The van der Waals surface area contributed by atoms with Gasteiger partial charge in [-0.15, -0.1) is 21.5 Å². The molecular weight excluding hydrogens is 436 g/mol. The van der Waals surface area contributed by atoms with Gasteiger partial charge in [-0.3, -0.25) is 4.79 Å². The molecule has 8 heteroatoms. The Bertz CT molecular complexity index is 1090. The highest BCUT2D eigenvalue weighted by Crippen LogP contribution is 2.35. The Hall–Kier alpha value is -3.10. The normalized spacial score (nSPS) is 15.7. The summed E-state index contributed by atoms with van der Waals surface area (Å²) in [4.78, 5) is 16.9. The number of methoxy groups -OCH3 is 1. The van der Waals surface area contributed by atoms with E-state index in [0.717, 1.165) is 34.7 Å². The quantitative estimate of drug-likeness (QED) is 0.460. The number of amides is 1. The van der Waals surface area contributed by atoms with Gasteiger partial charge in [0.1, 0.15) is 11.4 Å². The molecule has 0 aromatic carbocycles. The lowest BCUT2D eigenvalue weighted by Crippen LogP contribution is -2.41. The molecule has 2 aromatic heterocycles. The van der Waals surface area contributed by atoms with Crippen molar-refractivity contribution in [2.45, 2.75) is 45.1 Å². The van der Waals surface area contributed by atoms with E-state index in [2.05, 4.69) is 27.1 Å². The van der Waals surface area contributed by atoms with Crippen LogP contribution in [0.5, 0.6) is 0 Å². The zero-order valence-electron chi connectivity index (χ0n) is 19.3. The van der Waals surface area contributed by atoms with Gasteiger partial charge < -0.3 is 14.5 Å². The Morgan fingerprint density at radius 3 is 2.76 bits per heavy atom. The van der Waals surface area contributed by atoms with Gasteiger partial charge in [-0.1, -0.05) is 43.0 Å². The fourth-order valence-electron chi connectivity index (χ4n) is 3.20. The number of nitrogens with zero attached hydrogens (tertiary/aromatic N) is 3. The predicted octanol–water partition coefficient (Wildman–Crippen LogP) is 4.60. The average molecular weight is 467 g/mol. The lowest BCUT2D eigenvalue weighted by Gasteiger charge is -2.15. The van der Waals surface area contributed by atoms with E-state index in [1.165, 1.54) is 11.3 Å². The second kappa shape index (κ2) is 11.7. The van der Waals surface area contributed by atoms with Gasteiger partial charge in [0.15, 0.2) is 0 Å². The summed E-state index contributed by atoms with van der Waals surface area (Å²) in [5, 5.41) is 13.9. The fourth-order valence-corrected chi connectivity index (χ4v) is 3.95.